The van der Waals surface area contributed by atoms with Crippen LogP contribution in [0.15, 0.2) is 116 Å². The molecular weight excluding hydrogens is 1430 g/mol. The van der Waals surface area contributed by atoms with Gasteiger partial charge < -0.3 is 67.5 Å². The molecule has 468 valence electrons. The predicted molar refractivity (Wildman–Crippen MR) is 372 cm³/mol. The molecule has 10 aliphatic carbocycles. The van der Waals surface area contributed by atoms with Crippen LogP contribution in [0.5, 0.6) is 0 Å². The van der Waals surface area contributed by atoms with Gasteiger partial charge in [0.2, 0.25) is 0 Å². The molecular formula is C61H106Br2Cl2F2I2N10O2. The summed E-state index contributed by atoms with van der Waals surface area (Å²) in [6.07, 6.45) is 26.4. The van der Waals surface area contributed by atoms with Crippen LogP contribution in [0.4, 0.5) is 8.78 Å². The van der Waals surface area contributed by atoms with Crippen molar-refractivity contribution in [2.45, 2.75) is 254 Å². The topological polar surface area (TPSA) is 301 Å². The summed E-state index contributed by atoms with van der Waals surface area (Å²) in [4.78, 5) is 0.838. The van der Waals surface area contributed by atoms with Crippen molar-refractivity contribution in [2.24, 2.45) is 57.3 Å². The number of aliphatic hydroxyl groups is 2. The minimum absolute atomic E-state index is 0. The number of alkyl halides is 8. The quantitative estimate of drug-likeness (QED) is 0.0612. The van der Waals surface area contributed by atoms with Crippen LogP contribution in [0.25, 0.3) is 0 Å². The third kappa shape index (κ3) is 33.6. The highest BCUT2D eigenvalue weighted by atomic mass is 127. The standard InChI is InChI=1S/2C6H10BrN.2C6H10ClN.2C6H10FN.2C6H10IN.2C6H11NO.CH4/c10*1-4-2-5(7)6(8)3-4;/h8*2,5-6H,3,8H2,1H3;2*3,5-6,8H,2,7H2,1H3;1H4/t5-,6+;5-,6-;5-,6+;5-,6-;5-,6+;5-,6-;5-,6+;5-,6-;5-,6+;5-,6-;/m1010101000./s1. The molecule has 0 aromatic rings. The SMILES string of the molecule is C.CC1=C[C@@H](Br)[C@@H](N)C1.CC1=C[C@@H](Cl)[C@@H](N)C1.CC1=C[C@@H](F)[C@@H](N)C1.CC1=C[C@@H](I)[C@@H](N)C1.CC1=C[C@@H](O)[C@@H](N)C1.CC1=C[C@H](Br)[C@@H](N)C1.CC1=C[C@H](Cl)[C@@H](N)C1.CC1=C[C@H](F)[C@@H](N)C1.CC1=C[C@H](I)[C@@H](N)C1.CC1=C[C@H](O)[C@@H](N)C1. The first-order chi connectivity index (χ1) is 37.0. The summed E-state index contributed by atoms with van der Waals surface area (Å²) in [5.74, 6) is 0. The highest BCUT2D eigenvalue weighted by Crippen LogP contribution is 2.27. The minimum atomic E-state index is -0.894. The van der Waals surface area contributed by atoms with E-state index in [0.29, 0.717) is 41.7 Å². The van der Waals surface area contributed by atoms with Gasteiger partial charge in [0, 0.05) is 77.9 Å². The second-order valence-electron chi connectivity index (χ2n) is 23.3. The zero-order valence-corrected chi connectivity index (χ0v) is 58.1. The smallest absolute Gasteiger partial charge is 0.134 e. The van der Waals surface area contributed by atoms with E-state index >= 15 is 0 Å². The van der Waals surface area contributed by atoms with Crippen LogP contribution in [-0.4, -0.2) is 123 Å². The molecule has 0 aromatic carbocycles. The Balaban J connectivity index is 0.000000877. The Bertz CT molecular complexity index is 1720. The molecule has 0 fully saturated rings. The van der Waals surface area contributed by atoms with Gasteiger partial charge in [-0.05, 0) is 133 Å². The van der Waals surface area contributed by atoms with Gasteiger partial charge in [-0.3, -0.25) is 0 Å². The molecule has 0 unspecified atom stereocenters. The average Bonchev–Trinajstić information content (AvgIpc) is 4.26. The Kier molecular flexibility index (Phi) is 41.0. The van der Waals surface area contributed by atoms with E-state index in [1.54, 1.807) is 12.2 Å². The van der Waals surface area contributed by atoms with Crippen molar-refractivity contribution in [3.8, 4) is 0 Å². The number of nitrogens with two attached hydrogens (primary N) is 10. The maximum atomic E-state index is 12.4. The van der Waals surface area contributed by atoms with Gasteiger partial charge in [0.15, 0.2) is 0 Å². The molecule has 0 radical (unpaired) electrons. The molecule has 10 aliphatic rings. The van der Waals surface area contributed by atoms with E-state index in [-0.39, 0.29) is 54.4 Å². The number of aliphatic hydroxyl groups excluding tert-OH is 2. The summed E-state index contributed by atoms with van der Waals surface area (Å²) in [5.41, 5.74) is 68.4. The lowest BCUT2D eigenvalue weighted by Gasteiger charge is -2.04. The molecule has 0 saturated heterocycles. The lowest BCUT2D eigenvalue weighted by Crippen LogP contribution is -2.28. The van der Waals surface area contributed by atoms with Crippen molar-refractivity contribution in [3.63, 3.8) is 0 Å². The monoisotopic (exact) mass is 1530 g/mol. The van der Waals surface area contributed by atoms with Crippen molar-refractivity contribution in [2.75, 3.05) is 0 Å². The largest absolute Gasteiger partial charge is 0.387 e. The summed E-state index contributed by atoms with van der Waals surface area (Å²) in [7, 11) is 0. The van der Waals surface area contributed by atoms with Crippen LogP contribution in [0.1, 0.15) is 141 Å². The lowest BCUT2D eigenvalue weighted by atomic mass is 10.2. The van der Waals surface area contributed by atoms with Gasteiger partial charge in [0.25, 0.3) is 0 Å². The van der Waals surface area contributed by atoms with Gasteiger partial charge in [-0.1, -0.05) is 201 Å². The summed E-state index contributed by atoms with van der Waals surface area (Å²) < 4.78 is 25.9. The first-order valence-corrected chi connectivity index (χ1v) is 33.0. The van der Waals surface area contributed by atoms with Crippen LogP contribution in [0.3, 0.4) is 0 Å². The molecule has 0 spiro atoms. The second kappa shape index (κ2) is 41.1. The maximum absolute atomic E-state index is 12.4. The number of rotatable bonds is 0. The third-order valence-electron chi connectivity index (χ3n) is 14.2. The van der Waals surface area contributed by atoms with E-state index < -0.39 is 24.6 Å². The Morgan fingerprint density at radius 3 is 0.617 bits per heavy atom. The summed E-state index contributed by atoms with van der Waals surface area (Å²) in [6.45, 7) is 20.4. The molecule has 0 aliphatic heterocycles. The van der Waals surface area contributed by atoms with E-state index in [1.807, 2.05) is 52.0 Å². The molecule has 22 N–H and O–H groups in total. The van der Waals surface area contributed by atoms with Crippen molar-refractivity contribution >= 4 is 100 Å². The fraction of sp³-hybridized carbons (Fsp3) is 0.672. The lowest BCUT2D eigenvalue weighted by molar-refractivity contribution is 0.201. The van der Waals surface area contributed by atoms with Crippen molar-refractivity contribution in [3.05, 3.63) is 116 Å². The van der Waals surface area contributed by atoms with Crippen molar-refractivity contribution in [1.82, 2.24) is 0 Å². The fourth-order valence-electron chi connectivity index (χ4n) is 9.53. The van der Waals surface area contributed by atoms with E-state index in [0.717, 1.165) is 75.4 Å². The van der Waals surface area contributed by atoms with Crippen LogP contribution < -0.4 is 57.3 Å². The molecule has 0 amide bonds. The first kappa shape index (κ1) is 80.8. The zero-order valence-electron chi connectivity index (χ0n) is 49.1. The van der Waals surface area contributed by atoms with Crippen LogP contribution in [0.2, 0.25) is 0 Å². The van der Waals surface area contributed by atoms with Crippen LogP contribution in [0, 0.1) is 0 Å². The van der Waals surface area contributed by atoms with Crippen molar-refractivity contribution < 1.29 is 19.0 Å². The summed E-state index contributed by atoms with van der Waals surface area (Å²) >= 11 is 23.1. The first-order valence-electron chi connectivity index (χ1n) is 27.8. The van der Waals surface area contributed by atoms with E-state index in [4.69, 9.17) is 90.8 Å². The Hall–Kier alpha value is -0.220. The highest BCUT2D eigenvalue weighted by molar-refractivity contribution is 14.1. The Morgan fingerprint density at radius 2 is 0.556 bits per heavy atom. The number of hydrogen-bond acceptors (Lipinski definition) is 12. The van der Waals surface area contributed by atoms with Gasteiger partial charge in [-0.2, -0.15) is 0 Å². The van der Waals surface area contributed by atoms with Gasteiger partial charge in [0.1, 0.15) is 12.3 Å². The molecule has 10 rings (SSSR count). The third-order valence-corrected chi connectivity index (χ3v) is 19.5. The van der Waals surface area contributed by atoms with Gasteiger partial charge >= 0.3 is 0 Å². The maximum Gasteiger partial charge on any atom is 0.134 e. The molecule has 12 nitrogen and oxygen atoms in total. The van der Waals surface area contributed by atoms with Gasteiger partial charge in [-0.15, -0.1) is 23.2 Å². The number of hydrogen-bond donors (Lipinski definition) is 12. The molecule has 0 saturated carbocycles. The summed E-state index contributed by atoms with van der Waals surface area (Å²) in [6, 6.07) is 1.10. The highest BCUT2D eigenvalue weighted by Gasteiger charge is 2.25. The van der Waals surface area contributed by atoms with E-state index in [2.05, 4.69) is 143 Å². The molecule has 0 bridgehead atoms. The van der Waals surface area contributed by atoms with E-state index in [9.17, 15) is 8.78 Å². The molecule has 20 heteroatoms. The normalized spacial score (nSPS) is 37.2. The molecule has 81 heavy (non-hydrogen) atoms. The molecule has 0 aromatic heterocycles. The van der Waals surface area contributed by atoms with E-state index in [1.165, 1.54) is 44.6 Å². The molecule has 0 heterocycles. The predicted octanol–water partition coefficient (Wildman–Crippen LogP) is 11.0. The minimum Gasteiger partial charge on any atom is -0.387 e. The molecule has 20 atom stereocenters. The Labute approximate surface area is 542 Å². The summed E-state index contributed by atoms with van der Waals surface area (Å²) in [5, 5.41) is 18.1. The van der Waals surface area contributed by atoms with Crippen LogP contribution in [-0.2, 0) is 0 Å². The van der Waals surface area contributed by atoms with Crippen molar-refractivity contribution in [1.29, 1.82) is 0 Å². The number of halogens is 8. The zero-order chi connectivity index (χ0) is 61.5. The van der Waals surface area contributed by atoms with Gasteiger partial charge in [-0.25, -0.2) is 8.78 Å². The second-order valence-corrected chi connectivity index (χ2v) is 29.3. The van der Waals surface area contributed by atoms with Crippen LogP contribution >= 0.6 is 100 Å². The average molecular weight is 1530 g/mol. The fourth-order valence-corrected chi connectivity index (χ4v) is 13.2. The Morgan fingerprint density at radius 1 is 0.346 bits per heavy atom. The van der Waals surface area contributed by atoms with Gasteiger partial charge in [0.05, 0.1) is 23.0 Å².